The monoisotopic (exact) mass is 472 g/mol. The van der Waals surface area contributed by atoms with Gasteiger partial charge in [-0.15, -0.1) is 0 Å². The Bertz CT molecular complexity index is 2400. The van der Waals surface area contributed by atoms with E-state index in [0.717, 1.165) is 10.8 Å². The first-order valence-electron chi connectivity index (χ1n) is 16.8. The second-order valence-electron chi connectivity index (χ2n) is 8.17. The molecular weight excluding hydrogens is 438 g/mol. The molecule has 0 aliphatic heterocycles. The highest BCUT2D eigenvalue weighted by Gasteiger charge is 2.15. The van der Waals surface area contributed by atoms with Gasteiger partial charge >= 0.3 is 0 Å². The first-order valence-corrected chi connectivity index (χ1v) is 11.3. The third kappa shape index (κ3) is 3.43. The average Bonchev–Trinajstić information content (AvgIpc) is 3.45. The third-order valence-corrected chi connectivity index (χ3v) is 6.03. The van der Waals surface area contributed by atoms with Crippen molar-refractivity contribution in [3.05, 3.63) is 139 Å². The van der Waals surface area contributed by atoms with E-state index in [1.54, 1.807) is 41.3 Å². The molecule has 2 heteroatoms. The van der Waals surface area contributed by atoms with Crippen LogP contribution in [0.4, 0.5) is 17.1 Å². The van der Waals surface area contributed by atoms with E-state index in [1.807, 2.05) is 36.4 Å². The van der Waals surface area contributed by atoms with E-state index in [9.17, 15) is 2.74 Å². The molecule has 0 bridgehead atoms. The number of rotatable bonds is 4. The van der Waals surface area contributed by atoms with Crippen LogP contribution in [0.25, 0.3) is 43.8 Å². The fraction of sp³-hybridized carbons (Fsp3) is 0. The molecule has 0 N–H and O–H groups in total. The minimum atomic E-state index is -0.662. The van der Waals surface area contributed by atoms with Gasteiger partial charge in [-0.3, -0.25) is 0 Å². The molecule has 0 unspecified atom stereocenters. The minimum absolute atomic E-state index is 0.0944. The molecule has 0 atom stereocenters. The molecule has 6 aromatic carbocycles. The van der Waals surface area contributed by atoms with Gasteiger partial charge in [0, 0.05) is 27.8 Å². The number of furan rings is 1. The summed E-state index contributed by atoms with van der Waals surface area (Å²) < 4.78 is 102. The molecular formula is C34H23NO. The van der Waals surface area contributed by atoms with Gasteiger partial charge in [0.05, 0.1) is 15.1 Å². The van der Waals surface area contributed by atoms with Crippen molar-refractivity contribution in [1.82, 2.24) is 0 Å². The van der Waals surface area contributed by atoms with Crippen molar-refractivity contribution >= 4 is 49.8 Å². The standard InChI is InChI=1S/C34H23NO/c1-2-11-26(12-3-1)35(28-21-22-34-32(23-28)31-14-6-7-16-33(31)36-34)27-19-17-25(18-20-27)30-15-8-10-24-9-4-5-13-29(24)30/h1-23H/i4D,5D,8D,9D,10D,13D,15D,17D,18D,19D,20D. The zero-order valence-electron chi connectivity index (χ0n) is 29.8. The Morgan fingerprint density at radius 3 is 2.17 bits per heavy atom. The van der Waals surface area contributed by atoms with Crippen LogP contribution in [0.3, 0.4) is 0 Å². The lowest BCUT2D eigenvalue weighted by atomic mass is 9.98. The van der Waals surface area contributed by atoms with E-state index < -0.39 is 72.0 Å². The topological polar surface area (TPSA) is 16.4 Å². The summed E-state index contributed by atoms with van der Waals surface area (Å²) in [6.07, 6.45) is 0. The van der Waals surface area contributed by atoms with Gasteiger partial charge in [0.1, 0.15) is 11.2 Å². The summed E-state index contributed by atoms with van der Waals surface area (Å²) in [4.78, 5) is 1.60. The van der Waals surface area contributed by atoms with Crippen LogP contribution in [0, 0.1) is 0 Å². The number of benzene rings is 6. The second kappa shape index (κ2) is 8.44. The summed E-state index contributed by atoms with van der Waals surface area (Å²) in [5, 5.41) is 0.992. The Morgan fingerprint density at radius 1 is 0.528 bits per heavy atom. The number of nitrogens with zero attached hydrogens (tertiary/aromatic N) is 1. The molecule has 0 saturated heterocycles. The van der Waals surface area contributed by atoms with Crippen molar-refractivity contribution in [1.29, 1.82) is 0 Å². The summed E-state index contributed by atoms with van der Waals surface area (Å²) in [6, 6.07) is 15.3. The Hall–Kier alpha value is -4.82. The average molecular weight is 473 g/mol. The summed E-state index contributed by atoms with van der Waals surface area (Å²) in [7, 11) is 0. The van der Waals surface area contributed by atoms with Crippen molar-refractivity contribution in [3.63, 3.8) is 0 Å². The zero-order valence-corrected chi connectivity index (χ0v) is 18.8. The quantitative estimate of drug-likeness (QED) is 0.253. The predicted octanol–water partition coefficient (Wildman–Crippen LogP) is 9.88. The molecule has 0 spiro atoms. The van der Waals surface area contributed by atoms with Crippen LogP contribution in [0.15, 0.2) is 144 Å². The number of para-hydroxylation sites is 2. The summed E-state index contributed by atoms with van der Waals surface area (Å²) in [5.41, 5.74) is 1.51. The Kier molecular flexibility index (Phi) is 2.87. The van der Waals surface area contributed by atoms with Crippen LogP contribution < -0.4 is 4.90 Å². The summed E-state index contributed by atoms with van der Waals surface area (Å²) >= 11 is 0. The van der Waals surface area contributed by atoms with Crippen LogP contribution in [0.5, 0.6) is 0 Å². The highest BCUT2D eigenvalue weighted by Crippen LogP contribution is 2.39. The Morgan fingerprint density at radius 2 is 1.28 bits per heavy atom. The van der Waals surface area contributed by atoms with E-state index in [2.05, 4.69) is 0 Å². The molecule has 1 aromatic heterocycles. The molecule has 0 amide bonds. The molecule has 0 radical (unpaired) electrons. The molecule has 170 valence electrons. The van der Waals surface area contributed by atoms with Crippen LogP contribution in [-0.4, -0.2) is 0 Å². The number of hydrogen-bond donors (Lipinski definition) is 0. The number of fused-ring (bicyclic) bond motifs is 4. The normalized spacial score (nSPS) is 15.6. The summed E-state index contributed by atoms with van der Waals surface area (Å²) in [6.45, 7) is 0. The molecule has 36 heavy (non-hydrogen) atoms. The largest absolute Gasteiger partial charge is 0.456 e. The summed E-state index contributed by atoms with van der Waals surface area (Å²) in [5.74, 6) is 0. The molecule has 0 fully saturated rings. The maximum Gasteiger partial charge on any atom is 0.135 e. The van der Waals surface area contributed by atoms with E-state index >= 15 is 0 Å². The lowest BCUT2D eigenvalue weighted by molar-refractivity contribution is 0.669. The zero-order chi connectivity index (χ0) is 33.5. The maximum atomic E-state index is 9.22. The number of hydrogen-bond acceptors (Lipinski definition) is 2. The van der Waals surface area contributed by atoms with Gasteiger partial charge in [0.25, 0.3) is 0 Å². The fourth-order valence-electron chi connectivity index (χ4n) is 4.38. The third-order valence-electron chi connectivity index (χ3n) is 6.03. The van der Waals surface area contributed by atoms with Gasteiger partial charge < -0.3 is 9.32 Å². The van der Waals surface area contributed by atoms with Crippen molar-refractivity contribution in [2.24, 2.45) is 0 Å². The van der Waals surface area contributed by atoms with Crippen LogP contribution >= 0.6 is 0 Å². The second-order valence-corrected chi connectivity index (χ2v) is 8.17. The van der Waals surface area contributed by atoms with Crippen molar-refractivity contribution in [2.75, 3.05) is 4.90 Å². The molecule has 7 rings (SSSR count). The van der Waals surface area contributed by atoms with E-state index in [1.165, 1.54) is 0 Å². The molecule has 0 saturated carbocycles. The Labute approximate surface area is 225 Å². The smallest absolute Gasteiger partial charge is 0.135 e. The highest BCUT2D eigenvalue weighted by molar-refractivity contribution is 6.06. The van der Waals surface area contributed by atoms with Crippen molar-refractivity contribution in [3.8, 4) is 11.1 Å². The van der Waals surface area contributed by atoms with Gasteiger partial charge in [-0.25, -0.2) is 0 Å². The van der Waals surface area contributed by atoms with E-state index in [4.69, 9.17) is 16.8 Å². The molecule has 1 heterocycles. The highest BCUT2D eigenvalue weighted by atomic mass is 16.3. The van der Waals surface area contributed by atoms with Gasteiger partial charge in [0.15, 0.2) is 0 Å². The first-order chi connectivity index (χ1) is 22.4. The van der Waals surface area contributed by atoms with Crippen molar-refractivity contribution < 1.29 is 19.5 Å². The van der Waals surface area contributed by atoms with Crippen LogP contribution in [0.2, 0.25) is 0 Å². The Balaban J connectivity index is 1.56. The maximum absolute atomic E-state index is 9.22. The van der Waals surface area contributed by atoms with Gasteiger partial charge in [-0.1, -0.05) is 90.8 Å². The number of anilines is 3. The lowest BCUT2D eigenvalue weighted by Crippen LogP contribution is -2.09. The van der Waals surface area contributed by atoms with E-state index in [0.29, 0.717) is 22.5 Å². The van der Waals surface area contributed by atoms with Crippen LogP contribution in [-0.2, 0) is 0 Å². The van der Waals surface area contributed by atoms with Gasteiger partial charge in [-0.2, -0.15) is 0 Å². The van der Waals surface area contributed by atoms with Gasteiger partial charge in [-0.05, 0) is 70.4 Å². The molecule has 0 aliphatic carbocycles. The van der Waals surface area contributed by atoms with E-state index in [-0.39, 0.29) is 22.0 Å². The van der Waals surface area contributed by atoms with Gasteiger partial charge in [0.2, 0.25) is 0 Å². The SMILES string of the molecule is [2H]c1c([2H])c(N(c2ccccc2)c2ccc3oc4ccccc4c3c2)c([2H])c([2H])c1-c1c([2H])c([2H])c([2H])c2c([2H])c([2H])c([2H])c([2H])c12. The molecule has 2 nitrogen and oxygen atoms in total. The minimum Gasteiger partial charge on any atom is -0.456 e. The molecule has 7 aromatic rings. The molecule has 0 aliphatic rings. The fourth-order valence-corrected chi connectivity index (χ4v) is 4.38. The first kappa shape index (κ1) is 12.2. The lowest BCUT2D eigenvalue weighted by Gasteiger charge is -2.25. The van der Waals surface area contributed by atoms with Crippen LogP contribution in [0.1, 0.15) is 15.1 Å². The van der Waals surface area contributed by atoms with Crippen molar-refractivity contribution in [2.45, 2.75) is 0 Å². The predicted molar refractivity (Wildman–Crippen MR) is 151 cm³/mol.